The Kier molecular flexibility index (Phi) is 5.60. The molecule has 27 heavy (non-hydrogen) atoms. The largest absolute Gasteiger partial charge is 0.496 e. The van der Waals surface area contributed by atoms with Crippen molar-refractivity contribution in [2.45, 2.75) is 27.2 Å². The van der Waals surface area contributed by atoms with Crippen LogP contribution in [-0.4, -0.2) is 29.3 Å². The smallest absolute Gasteiger partial charge is 0.255 e. The van der Waals surface area contributed by atoms with Crippen LogP contribution in [0, 0.1) is 20.8 Å². The minimum atomic E-state index is -0.0983. The van der Waals surface area contributed by atoms with Gasteiger partial charge in [-0.15, -0.1) is 0 Å². The predicted molar refractivity (Wildman–Crippen MR) is 107 cm³/mol. The molecule has 1 heterocycles. The van der Waals surface area contributed by atoms with E-state index in [-0.39, 0.29) is 5.91 Å². The zero-order valence-corrected chi connectivity index (χ0v) is 16.2. The topological polar surface area (TPSA) is 56.1 Å². The summed E-state index contributed by atoms with van der Waals surface area (Å²) in [6.45, 7) is 6.37. The van der Waals surface area contributed by atoms with Crippen LogP contribution in [0.3, 0.4) is 0 Å². The summed E-state index contributed by atoms with van der Waals surface area (Å²) in [5.41, 5.74) is 5.40. The molecule has 5 nitrogen and oxygen atoms in total. The summed E-state index contributed by atoms with van der Waals surface area (Å²) < 4.78 is 7.22. The van der Waals surface area contributed by atoms with Gasteiger partial charge in [-0.3, -0.25) is 4.79 Å². The Balaban J connectivity index is 1.72. The number of methoxy groups -OCH3 is 1. The first-order valence-electron chi connectivity index (χ1n) is 9.04. The molecule has 1 aromatic heterocycles. The first kappa shape index (κ1) is 18.7. The molecule has 2 aromatic carbocycles. The van der Waals surface area contributed by atoms with Crippen LogP contribution in [0.1, 0.15) is 32.9 Å². The molecule has 0 radical (unpaired) electrons. The lowest BCUT2D eigenvalue weighted by Crippen LogP contribution is -2.26. The Labute approximate surface area is 160 Å². The Morgan fingerprint density at radius 1 is 1.11 bits per heavy atom. The van der Waals surface area contributed by atoms with Crippen LogP contribution in [0.2, 0.25) is 0 Å². The van der Waals surface area contributed by atoms with Crippen LogP contribution < -0.4 is 10.1 Å². The maximum Gasteiger partial charge on any atom is 0.255 e. The van der Waals surface area contributed by atoms with Crippen LogP contribution in [0.4, 0.5) is 0 Å². The summed E-state index contributed by atoms with van der Waals surface area (Å²) >= 11 is 0. The van der Waals surface area contributed by atoms with Crippen LogP contribution in [-0.2, 0) is 6.42 Å². The van der Waals surface area contributed by atoms with E-state index >= 15 is 0 Å². The third-order valence-corrected chi connectivity index (χ3v) is 4.63. The van der Waals surface area contributed by atoms with Crippen molar-refractivity contribution in [1.82, 2.24) is 15.1 Å². The highest BCUT2D eigenvalue weighted by molar-refractivity contribution is 5.96. The van der Waals surface area contributed by atoms with Crippen LogP contribution >= 0.6 is 0 Å². The van der Waals surface area contributed by atoms with Crippen molar-refractivity contribution >= 4 is 5.91 Å². The zero-order valence-electron chi connectivity index (χ0n) is 16.2. The summed E-state index contributed by atoms with van der Waals surface area (Å²) in [5.74, 6) is 0.748. The molecule has 0 aliphatic heterocycles. The Morgan fingerprint density at radius 3 is 2.56 bits per heavy atom. The van der Waals surface area contributed by atoms with Gasteiger partial charge in [0.1, 0.15) is 5.75 Å². The molecule has 0 saturated heterocycles. The number of hydrogen-bond donors (Lipinski definition) is 1. The number of para-hydroxylation sites is 1. The normalized spacial score (nSPS) is 10.7. The van der Waals surface area contributed by atoms with Gasteiger partial charge in [-0.1, -0.05) is 35.9 Å². The molecular weight excluding hydrogens is 338 g/mol. The minimum Gasteiger partial charge on any atom is -0.496 e. The first-order chi connectivity index (χ1) is 13.0. The van der Waals surface area contributed by atoms with E-state index in [1.165, 1.54) is 5.56 Å². The second kappa shape index (κ2) is 8.08. The Bertz CT molecular complexity index is 946. The Hall–Kier alpha value is -3.08. The molecule has 3 rings (SSSR count). The number of ether oxygens (including phenoxy) is 1. The van der Waals surface area contributed by atoms with Gasteiger partial charge in [-0.2, -0.15) is 5.10 Å². The third kappa shape index (κ3) is 4.03. The van der Waals surface area contributed by atoms with Gasteiger partial charge in [0.15, 0.2) is 0 Å². The number of rotatable bonds is 6. The molecule has 0 aliphatic carbocycles. The SMILES string of the molecule is COc1ccc(C)cc1CCNC(=O)c1c(C)nn(-c2ccccc2)c1C. The summed E-state index contributed by atoms with van der Waals surface area (Å²) in [6, 6.07) is 15.9. The lowest BCUT2D eigenvalue weighted by molar-refractivity contribution is 0.0953. The molecule has 140 valence electrons. The predicted octanol–water partition coefficient (Wildman–Crippen LogP) is 3.78. The van der Waals surface area contributed by atoms with Gasteiger partial charge in [0, 0.05) is 6.54 Å². The van der Waals surface area contributed by atoms with Crippen molar-refractivity contribution in [2.75, 3.05) is 13.7 Å². The molecular formula is C22H25N3O2. The fraction of sp³-hybridized carbons (Fsp3) is 0.273. The van der Waals surface area contributed by atoms with Crippen molar-refractivity contribution in [3.63, 3.8) is 0 Å². The van der Waals surface area contributed by atoms with E-state index in [2.05, 4.69) is 16.5 Å². The van der Waals surface area contributed by atoms with Crippen molar-refractivity contribution < 1.29 is 9.53 Å². The average molecular weight is 363 g/mol. The number of hydrogen-bond acceptors (Lipinski definition) is 3. The van der Waals surface area contributed by atoms with E-state index in [1.807, 2.05) is 67.9 Å². The molecule has 0 bridgehead atoms. The summed E-state index contributed by atoms with van der Waals surface area (Å²) in [5, 5.41) is 7.56. The number of amides is 1. The van der Waals surface area contributed by atoms with E-state index in [4.69, 9.17) is 4.74 Å². The highest BCUT2D eigenvalue weighted by Crippen LogP contribution is 2.20. The van der Waals surface area contributed by atoms with Crippen molar-refractivity contribution in [3.8, 4) is 11.4 Å². The first-order valence-corrected chi connectivity index (χ1v) is 9.04. The van der Waals surface area contributed by atoms with Crippen molar-refractivity contribution in [3.05, 3.63) is 76.6 Å². The molecule has 1 amide bonds. The van der Waals surface area contributed by atoms with E-state index in [1.54, 1.807) is 7.11 Å². The standard InChI is InChI=1S/C22H25N3O2/c1-15-10-11-20(27-4)18(14-15)12-13-23-22(26)21-16(2)24-25(17(21)3)19-8-6-5-7-9-19/h5-11,14H,12-13H2,1-4H3,(H,23,26). The van der Waals surface area contributed by atoms with Crippen LogP contribution in [0.15, 0.2) is 48.5 Å². The second-order valence-corrected chi connectivity index (χ2v) is 6.61. The Morgan fingerprint density at radius 2 is 1.85 bits per heavy atom. The summed E-state index contributed by atoms with van der Waals surface area (Å²) in [6.07, 6.45) is 0.710. The van der Waals surface area contributed by atoms with Gasteiger partial charge in [-0.05, 0) is 51.0 Å². The molecule has 3 aromatic rings. The third-order valence-electron chi connectivity index (χ3n) is 4.63. The number of nitrogens with zero attached hydrogens (tertiary/aromatic N) is 2. The fourth-order valence-electron chi connectivity index (χ4n) is 3.29. The van der Waals surface area contributed by atoms with Gasteiger partial charge in [0.25, 0.3) is 5.91 Å². The van der Waals surface area contributed by atoms with Gasteiger partial charge >= 0.3 is 0 Å². The van der Waals surface area contributed by atoms with Gasteiger partial charge in [-0.25, -0.2) is 4.68 Å². The summed E-state index contributed by atoms with van der Waals surface area (Å²) in [4.78, 5) is 12.7. The number of benzene rings is 2. The molecule has 0 aliphatic rings. The highest BCUT2D eigenvalue weighted by atomic mass is 16.5. The molecule has 0 fully saturated rings. The second-order valence-electron chi connectivity index (χ2n) is 6.61. The van der Waals surface area contributed by atoms with E-state index in [0.717, 1.165) is 28.4 Å². The number of aryl methyl sites for hydroxylation is 2. The zero-order chi connectivity index (χ0) is 19.4. The maximum absolute atomic E-state index is 12.7. The van der Waals surface area contributed by atoms with E-state index in [0.29, 0.717) is 18.5 Å². The molecule has 0 unspecified atom stereocenters. The average Bonchev–Trinajstić information content (AvgIpc) is 2.97. The van der Waals surface area contributed by atoms with Gasteiger partial charge in [0.05, 0.1) is 29.7 Å². The van der Waals surface area contributed by atoms with E-state index < -0.39 is 0 Å². The lowest BCUT2D eigenvalue weighted by Gasteiger charge is -2.10. The quantitative estimate of drug-likeness (QED) is 0.725. The monoisotopic (exact) mass is 363 g/mol. The molecule has 0 atom stereocenters. The maximum atomic E-state index is 12.7. The molecule has 1 N–H and O–H groups in total. The van der Waals surface area contributed by atoms with Crippen LogP contribution in [0.5, 0.6) is 5.75 Å². The van der Waals surface area contributed by atoms with Crippen molar-refractivity contribution in [2.24, 2.45) is 0 Å². The molecule has 0 saturated carbocycles. The number of aromatic nitrogens is 2. The molecule has 5 heteroatoms. The fourth-order valence-corrected chi connectivity index (χ4v) is 3.29. The lowest BCUT2D eigenvalue weighted by atomic mass is 10.1. The number of nitrogens with one attached hydrogen (secondary N) is 1. The number of carbonyl (C=O) groups excluding carboxylic acids is 1. The molecule has 0 spiro atoms. The highest BCUT2D eigenvalue weighted by Gasteiger charge is 2.19. The van der Waals surface area contributed by atoms with Gasteiger partial charge < -0.3 is 10.1 Å². The van der Waals surface area contributed by atoms with E-state index in [9.17, 15) is 4.79 Å². The van der Waals surface area contributed by atoms with Crippen LogP contribution in [0.25, 0.3) is 5.69 Å². The minimum absolute atomic E-state index is 0.0983. The van der Waals surface area contributed by atoms with Crippen molar-refractivity contribution in [1.29, 1.82) is 0 Å². The summed E-state index contributed by atoms with van der Waals surface area (Å²) in [7, 11) is 1.66. The number of carbonyl (C=O) groups is 1. The van der Waals surface area contributed by atoms with Gasteiger partial charge in [0.2, 0.25) is 0 Å².